The van der Waals surface area contributed by atoms with Gasteiger partial charge >= 0.3 is 0 Å². The molecule has 6 heteroatoms. The van der Waals surface area contributed by atoms with Crippen molar-refractivity contribution < 1.29 is 9.59 Å². The van der Waals surface area contributed by atoms with Crippen molar-refractivity contribution in [1.29, 1.82) is 0 Å². The van der Waals surface area contributed by atoms with Crippen LogP contribution in [0.1, 0.15) is 65.2 Å². The van der Waals surface area contributed by atoms with E-state index in [1.807, 2.05) is 6.92 Å². The molecule has 1 atom stereocenters. The number of Topliss-reactive ketones (excluding diaryl/α,β-unsaturated/α-hetero) is 1. The minimum Gasteiger partial charge on any atom is -0.354 e. The summed E-state index contributed by atoms with van der Waals surface area (Å²) in [6.07, 6.45) is 3.96. The number of hydrogen-bond acceptors (Lipinski definition) is 3. The molecule has 2 rings (SSSR count). The summed E-state index contributed by atoms with van der Waals surface area (Å²) in [4.78, 5) is 27.5. The van der Waals surface area contributed by atoms with Crippen LogP contribution in [0.4, 0.5) is 0 Å². The van der Waals surface area contributed by atoms with Crippen LogP contribution in [0.2, 0.25) is 0 Å². The molecule has 1 aliphatic heterocycles. The van der Waals surface area contributed by atoms with Gasteiger partial charge in [-0.15, -0.1) is 12.4 Å². The normalized spacial score (nSPS) is 17.4. The molecule has 23 heavy (non-hydrogen) atoms. The van der Waals surface area contributed by atoms with E-state index < -0.39 is 0 Å². The molecule has 0 radical (unpaired) electrons. The van der Waals surface area contributed by atoms with E-state index in [0.29, 0.717) is 23.7 Å². The van der Waals surface area contributed by atoms with Crippen molar-refractivity contribution in [3.05, 3.63) is 22.5 Å². The number of hydrogen-bond donors (Lipinski definition) is 3. The van der Waals surface area contributed by atoms with E-state index >= 15 is 0 Å². The van der Waals surface area contributed by atoms with E-state index in [2.05, 4.69) is 22.5 Å². The summed E-state index contributed by atoms with van der Waals surface area (Å²) in [5, 5.41) is 6.38. The van der Waals surface area contributed by atoms with Crippen LogP contribution in [0.25, 0.3) is 0 Å². The number of aromatic amines is 1. The summed E-state index contributed by atoms with van der Waals surface area (Å²) >= 11 is 0. The molecule has 1 amide bonds. The maximum Gasteiger partial charge on any atom is 0.268 e. The topological polar surface area (TPSA) is 74.0 Å². The third kappa shape index (κ3) is 4.82. The SMILES string of the molecule is CCCc1c(C(=O)NCC2CCCNC2)[nH]c(C)c1C(C)=O.Cl. The average molecular weight is 342 g/mol. The Morgan fingerprint density at radius 2 is 2.09 bits per heavy atom. The summed E-state index contributed by atoms with van der Waals surface area (Å²) in [5.41, 5.74) is 2.91. The third-order valence-electron chi connectivity index (χ3n) is 4.32. The van der Waals surface area contributed by atoms with Crippen molar-refractivity contribution in [3.63, 3.8) is 0 Å². The van der Waals surface area contributed by atoms with Gasteiger partial charge in [0.25, 0.3) is 5.91 Å². The highest BCUT2D eigenvalue weighted by atomic mass is 35.5. The van der Waals surface area contributed by atoms with Crippen molar-refractivity contribution in [2.24, 2.45) is 5.92 Å². The number of rotatable bonds is 6. The molecule has 5 nitrogen and oxygen atoms in total. The molecule has 0 aromatic carbocycles. The Kier molecular flexibility index (Phi) is 7.79. The van der Waals surface area contributed by atoms with Crippen molar-refractivity contribution in [2.75, 3.05) is 19.6 Å². The lowest BCUT2D eigenvalue weighted by Gasteiger charge is -2.22. The highest BCUT2D eigenvalue weighted by Gasteiger charge is 2.23. The average Bonchev–Trinajstić information content (AvgIpc) is 2.83. The number of nitrogens with one attached hydrogen (secondary N) is 3. The predicted octanol–water partition coefficient (Wildman–Crippen LogP) is 2.63. The minimum absolute atomic E-state index is 0. The van der Waals surface area contributed by atoms with E-state index in [-0.39, 0.29) is 24.1 Å². The second-order valence-electron chi connectivity index (χ2n) is 6.21. The van der Waals surface area contributed by atoms with Gasteiger partial charge < -0.3 is 15.6 Å². The maximum atomic E-state index is 12.5. The van der Waals surface area contributed by atoms with Gasteiger partial charge in [-0.2, -0.15) is 0 Å². The first-order valence-corrected chi connectivity index (χ1v) is 8.25. The Hall–Kier alpha value is -1.33. The Balaban J connectivity index is 0.00000264. The Bertz CT molecular complexity index is 548. The van der Waals surface area contributed by atoms with E-state index in [0.717, 1.165) is 50.0 Å². The van der Waals surface area contributed by atoms with E-state index in [1.165, 1.54) is 0 Å². The fraction of sp³-hybridized carbons (Fsp3) is 0.647. The molecule has 2 heterocycles. The first-order valence-electron chi connectivity index (χ1n) is 8.25. The lowest BCUT2D eigenvalue weighted by Crippen LogP contribution is -2.38. The van der Waals surface area contributed by atoms with Gasteiger partial charge in [-0.1, -0.05) is 13.3 Å². The molecule has 1 saturated heterocycles. The van der Waals surface area contributed by atoms with Gasteiger partial charge in [0.1, 0.15) is 5.69 Å². The first-order chi connectivity index (χ1) is 10.5. The number of carbonyl (C=O) groups is 2. The largest absolute Gasteiger partial charge is 0.354 e. The molecule has 3 N–H and O–H groups in total. The smallest absolute Gasteiger partial charge is 0.268 e. The molecule has 1 aromatic heterocycles. The highest BCUT2D eigenvalue weighted by molar-refractivity contribution is 6.02. The fourth-order valence-corrected chi connectivity index (χ4v) is 3.27. The molecule has 0 aliphatic carbocycles. The Morgan fingerprint density at radius 1 is 1.35 bits per heavy atom. The summed E-state index contributed by atoms with van der Waals surface area (Å²) in [7, 11) is 0. The predicted molar refractivity (Wildman–Crippen MR) is 94.7 cm³/mol. The summed E-state index contributed by atoms with van der Waals surface area (Å²) in [5.74, 6) is 0.424. The monoisotopic (exact) mass is 341 g/mol. The molecule has 1 unspecified atom stereocenters. The van der Waals surface area contributed by atoms with Crippen molar-refractivity contribution >= 4 is 24.1 Å². The third-order valence-corrected chi connectivity index (χ3v) is 4.32. The maximum absolute atomic E-state index is 12.5. The number of aryl methyl sites for hydroxylation is 1. The number of aromatic nitrogens is 1. The Morgan fingerprint density at radius 3 is 2.65 bits per heavy atom. The highest BCUT2D eigenvalue weighted by Crippen LogP contribution is 2.21. The van der Waals surface area contributed by atoms with E-state index in [1.54, 1.807) is 6.92 Å². The molecule has 1 aliphatic rings. The molecular formula is C17H28ClN3O2. The number of amides is 1. The molecule has 130 valence electrons. The van der Waals surface area contributed by atoms with Gasteiger partial charge in [0.05, 0.1) is 0 Å². The van der Waals surface area contributed by atoms with Crippen LogP contribution in [-0.4, -0.2) is 36.3 Å². The van der Waals surface area contributed by atoms with Crippen LogP contribution >= 0.6 is 12.4 Å². The minimum atomic E-state index is -0.0929. The molecule has 0 saturated carbocycles. The van der Waals surface area contributed by atoms with Gasteiger partial charge in [-0.25, -0.2) is 0 Å². The fourth-order valence-electron chi connectivity index (χ4n) is 3.27. The molecule has 0 spiro atoms. The van der Waals surface area contributed by atoms with Crippen molar-refractivity contribution in [1.82, 2.24) is 15.6 Å². The van der Waals surface area contributed by atoms with Crippen LogP contribution in [0.15, 0.2) is 0 Å². The van der Waals surface area contributed by atoms with Gasteiger partial charge in [-0.3, -0.25) is 9.59 Å². The number of halogens is 1. The second-order valence-corrected chi connectivity index (χ2v) is 6.21. The second kappa shape index (κ2) is 9.08. The van der Waals surface area contributed by atoms with Gasteiger partial charge in [-0.05, 0) is 57.7 Å². The molecule has 1 fully saturated rings. The van der Waals surface area contributed by atoms with Gasteiger partial charge in [0.15, 0.2) is 5.78 Å². The van der Waals surface area contributed by atoms with Crippen molar-refractivity contribution in [3.8, 4) is 0 Å². The lowest BCUT2D eigenvalue weighted by molar-refractivity contribution is 0.0939. The molecule has 0 bridgehead atoms. The molecule has 1 aromatic rings. The number of H-pyrrole nitrogens is 1. The summed E-state index contributed by atoms with van der Waals surface area (Å²) in [6, 6.07) is 0. The van der Waals surface area contributed by atoms with E-state index in [4.69, 9.17) is 0 Å². The first kappa shape index (κ1) is 19.7. The Labute approximate surface area is 144 Å². The number of carbonyl (C=O) groups excluding carboxylic acids is 2. The quantitative estimate of drug-likeness (QED) is 0.696. The van der Waals surface area contributed by atoms with Crippen molar-refractivity contribution in [2.45, 2.75) is 46.5 Å². The lowest BCUT2D eigenvalue weighted by atomic mass is 9.99. The zero-order chi connectivity index (χ0) is 16.1. The number of piperidine rings is 1. The summed E-state index contributed by atoms with van der Waals surface area (Å²) in [6.45, 7) is 8.20. The zero-order valence-corrected chi connectivity index (χ0v) is 15.1. The molecular weight excluding hydrogens is 314 g/mol. The number of ketones is 1. The standard InChI is InChI=1S/C17H27N3O2.ClH/c1-4-6-14-15(12(3)21)11(2)20-16(14)17(22)19-10-13-7-5-8-18-9-13;/h13,18,20H,4-10H2,1-3H3,(H,19,22);1H. The van der Waals surface area contributed by atoms with E-state index in [9.17, 15) is 9.59 Å². The zero-order valence-electron chi connectivity index (χ0n) is 14.3. The summed E-state index contributed by atoms with van der Waals surface area (Å²) < 4.78 is 0. The van der Waals surface area contributed by atoms with Crippen LogP contribution in [0.3, 0.4) is 0 Å². The van der Waals surface area contributed by atoms with Crippen LogP contribution < -0.4 is 10.6 Å². The van der Waals surface area contributed by atoms with Gasteiger partial charge in [0.2, 0.25) is 0 Å². The van der Waals surface area contributed by atoms with Crippen LogP contribution in [0, 0.1) is 12.8 Å². The van der Waals surface area contributed by atoms with Crippen LogP contribution in [0.5, 0.6) is 0 Å². The van der Waals surface area contributed by atoms with Gasteiger partial charge in [0, 0.05) is 17.8 Å². The van der Waals surface area contributed by atoms with Crippen LogP contribution in [-0.2, 0) is 6.42 Å².